The molecule has 8 rings (SSSR count). The Morgan fingerprint density at radius 1 is 1.15 bits per heavy atom. The molecule has 0 aromatic heterocycles. The van der Waals surface area contributed by atoms with Crippen LogP contribution in [0.3, 0.4) is 0 Å². The minimum absolute atomic E-state index is 0.00565. The summed E-state index contributed by atoms with van der Waals surface area (Å²) in [5.41, 5.74) is 2.02. The number of ketones is 1. The number of Topliss-reactive ketones (excluding diaryl/α,β-unsaturated/α-hetero) is 1. The van der Waals surface area contributed by atoms with E-state index in [9.17, 15) is 13.8 Å². The van der Waals surface area contributed by atoms with Crippen molar-refractivity contribution in [3.8, 4) is 5.75 Å². The van der Waals surface area contributed by atoms with Crippen LogP contribution >= 0.6 is 11.6 Å². The largest absolute Gasteiger partial charge is 0.490 e. The molecule has 1 amide bonds. The van der Waals surface area contributed by atoms with Gasteiger partial charge in [0.05, 0.1) is 39.9 Å². The molecule has 2 aromatic carbocycles. The number of allylic oxidation sites excluding steroid dienone is 1. The highest BCUT2D eigenvalue weighted by atomic mass is 35.5. The van der Waals surface area contributed by atoms with E-state index in [0.717, 1.165) is 25.7 Å². The van der Waals surface area contributed by atoms with E-state index < -0.39 is 38.4 Å². The van der Waals surface area contributed by atoms with Crippen molar-refractivity contribution in [3.63, 3.8) is 0 Å². The van der Waals surface area contributed by atoms with Gasteiger partial charge in [0.1, 0.15) is 18.0 Å². The van der Waals surface area contributed by atoms with Crippen molar-refractivity contribution >= 4 is 38.7 Å². The lowest BCUT2D eigenvalue weighted by Gasteiger charge is -2.46. The van der Waals surface area contributed by atoms with Gasteiger partial charge in [-0.3, -0.25) is 9.59 Å². The molecule has 0 N–H and O–H groups in total. The van der Waals surface area contributed by atoms with E-state index >= 15 is 4.39 Å². The first kappa shape index (κ1) is 37.1. The summed E-state index contributed by atoms with van der Waals surface area (Å²) in [5, 5.41) is 0.711. The van der Waals surface area contributed by atoms with Crippen LogP contribution in [0.25, 0.3) is 0 Å². The highest BCUT2D eigenvalue weighted by Gasteiger charge is 2.54. The van der Waals surface area contributed by atoms with Crippen LogP contribution in [0, 0.1) is 29.5 Å². The molecule has 3 aliphatic heterocycles. The summed E-state index contributed by atoms with van der Waals surface area (Å²) < 4.78 is 59.8. The zero-order chi connectivity index (χ0) is 36.9. The summed E-state index contributed by atoms with van der Waals surface area (Å²) in [6.45, 7) is 4.27. The Morgan fingerprint density at radius 2 is 1.98 bits per heavy atom. The predicted molar refractivity (Wildman–Crippen MR) is 202 cm³/mol. The molecular weight excluding hydrogens is 719 g/mol. The van der Waals surface area contributed by atoms with Crippen LogP contribution in [0.5, 0.6) is 5.75 Å². The number of hydrogen-bond acceptors (Lipinski definition) is 8. The SMILES string of the molecule is CO[C@H]1/C=C/C[C@H](C)C[S@@](=O)(CC(=O)COC2CCOCC2)=NC(=O)c2ccc3c(c2F)N(C[C@@H]2CC[C@H]21)C[C@]1(CO3)C[C@@H]2C[C@@H]2c2cc(Cl)ccc21. The van der Waals surface area contributed by atoms with Gasteiger partial charge in [-0.25, -0.2) is 8.60 Å². The predicted octanol–water partition coefficient (Wildman–Crippen LogP) is 7.13. The average Bonchev–Trinajstić information content (AvgIpc) is 3.92. The summed E-state index contributed by atoms with van der Waals surface area (Å²) in [7, 11) is -1.70. The Morgan fingerprint density at radius 3 is 2.75 bits per heavy atom. The molecule has 286 valence electrons. The summed E-state index contributed by atoms with van der Waals surface area (Å²) in [6.07, 6.45) is 9.82. The Hall–Kier alpha value is -2.83. The average molecular weight is 769 g/mol. The molecule has 2 aromatic rings. The van der Waals surface area contributed by atoms with Crippen molar-refractivity contribution in [1.29, 1.82) is 0 Å². The van der Waals surface area contributed by atoms with E-state index in [1.165, 1.54) is 17.2 Å². The van der Waals surface area contributed by atoms with Gasteiger partial charge in [-0.2, -0.15) is 4.36 Å². The van der Waals surface area contributed by atoms with Gasteiger partial charge in [-0.15, -0.1) is 0 Å². The van der Waals surface area contributed by atoms with Crippen LogP contribution < -0.4 is 9.64 Å². The molecule has 3 fully saturated rings. The number of halogens is 2. The Labute approximate surface area is 317 Å². The molecule has 9 nitrogen and oxygen atoms in total. The number of hydrogen-bond donors (Lipinski definition) is 0. The minimum Gasteiger partial charge on any atom is -0.490 e. The molecule has 53 heavy (non-hydrogen) atoms. The van der Waals surface area contributed by atoms with Gasteiger partial charge in [0.25, 0.3) is 5.91 Å². The van der Waals surface area contributed by atoms with E-state index in [2.05, 4.69) is 33.5 Å². The van der Waals surface area contributed by atoms with Crippen molar-refractivity contribution in [3.05, 3.63) is 70.0 Å². The monoisotopic (exact) mass is 768 g/mol. The van der Waals surface area contributed by atoms with Crippen LogP contribution in [-0.2, 0) is 34.1 Å². The molecule has 1 spiro atoms. The van der Waals surface area contributed by atoms with E-state index in [-0.39, 0.29) is 53.6 Å². The number of nitrogens with zero attached hydrogens (tertiary/aromatic N) is 2. The second-order valence-corrected chi connectivity index (χ2v) is 19.2. The first-order valence-electron chi connectivity index (χ1n) is 19.2. The van der Waals surface area contributed by atoms with Gasteiger partial charge in [-0.05, 0) is 110 Å². The molecule has 3 aliphatic carbocycles. The fraction of sp³-hybridized carbons (Fsp3) is 0.610. The number of methoxy groups -OCH3 is 1. The highest BCUT2D eigenvalue weighted by Crippen LogP contribution is 2.61. The van der Waals surface area contributed by atoms with Crippen LogP contribution in [0.2, 0.25) is 5.02 Å². The third-order valence-electron chi connectivity index (χ3n) is 12.5. The second-order valence-electron chi connectivity index (χ2n) is 16.4. The fourth-order valence-electron chi connectivity index (χ4n) is 9.63. The highest BCUT2D eigenvalue weighted by molar-refractivity contribution is 7.94. The molecular formula is C41H50ClFN2O7S. The van der Waals surface area contributed by atoms with E-state index in [1.54, 1.807) is 13.2 Å². The molecule has 1 saturated heterocycles. The number of anilines is 1. The molecule has 0 radical (unpaired) electrons. The van der Waals surface area contributed by atoms with Crippen molar-refractivity contribution < 1.29 is 37.1 Å². The molecule has 12 heteroatoms. The topological polar surface area (TPSA) is 104 Å². The van der Waals surface area contributed by atoms with Crippen molar-refractivity contribution in [2.24, 2.45) is 28.0 Å². The third kappa shape index (κ3) is 7.58. The summed E-state index contributed by atoms with van der Waals surface area (Å²) in [4.78, 5) is 29.4. The van der Waals surface area contributed by atoms with Gasteiger partial charge < -0.3 is 23.8 Å². The standard InChI is InChI=1S/C41H50ClFN2O7S/c1-25-4-3-5-36(49-2)31-8-6-26(31)19-45-23-41(18-27-16-33(27)34-17-28(42)7-10-35(34)41)24-52-37-11-9-32(38(43)39(37)45)40(47)44-53(48,21-25)22-29(46)20-51-30-12-14-50-15-13-30/h3,5,7,9-11,17,25-27,30-31,33,36H,4,6,8,12-16,18-24H2,1-2H3/b5-3+/t25-,26-,27-,31+,33-,36-,41-,53+/m0/s1. The van der Waals surface area contributed by atoms with Crippen LogP contribution in [0.1, 0.15) is 79.3 Å². The summed E-state index contributed by atoms with van der Waals surface area (Å²) in [5.74, 6) is -0.840. The van der Waals surface area contributed by atoms with Gasteiger partial charge in [0, 0.05) is 49.6 Å². The summed E-state index contributed by atoms with van der Waals surface area (Å²) >= 11 is 6.51. The maximum absolute atomic E-state index is 17.2. The van der Waals surface area contributed by atoms with Crippen molar-refractivity contribution in [2.45, 2.75) is 75.4 Å². The van der Waals surface area contributed by atoms with E-state index in [1.807, 2.05) is 13.0 Å². The van der Waals surface area contributed by atoms with Crippen LogP contribution in [0.4, 0.5) is 10.1 Å². The first-order chi connectivity index (χ1) is 25.5. The number of carbonyl (C=O) groups excluding carboxylic acids is 2. The Balaban J connectivity index is 1.17. The van der Waals surface area contributed by atoms with E-state index in [0.29, 0.717) is 74.8 Å². The van der Waals surface area contributed by atoms with Crippen LogP contribution in [0.15, 0.2) is 46.8 Å². The Kier molecular flexibility index (Phi) is 10.5. The maximum atomic E-state index is 17.2. The molecule has 0 unspecified atom stereocenters. The lowest BCUT2D eigenvalue weighted by Crippen LogP contribution is -2.50. The smallest absolute Gasteiger partial charge is 0.288 e. The van der Waals surface area contributed by atoms with Gasteiger partial charge in [-0.1, -0.05) is 36.7 Å². The van der Waals surface area contributed by atoms with Crippen molar-refractivity contribution in [2.75, 3.05) is 63.0 Å². The third-order valence-corrected chi connectivity index (χ3v) is 15.1. The normalized spacial score (nSPS) is 34.7. The lowest BCUT2D eigenvalue weighted by molar-refractivity contribution is -0.125. The molecule has 3 heterocycles. The molecule has 8 atom stereocenters. The second kappa shape index (κ2) is 15.0. The van der Waals surface area contributed by atoms with Gasteiger partial charge in [0.15, 0.2) is 11.6 Å². The van der Waals surface area contributed by atoms with Crippen molar-refractivity contribution in [1.82, 2.24) is 0 Å². The zero-order valence-electron chi connectivity index (χ0n) is 30.6. The zero-order valence-corrected chi connectivity index (χ0v) is 32.2. The maximum Gasteiger partial charge on any atom is 0.288 e. The number of fused-ring (bicyclic) bond motifs is 6. The lowest BCUT2D eigenvalue weighted by atomic mass is 9.68. The molecule has 6 aliphatic rings. The number of ether oxygens (including phenoxy) is 4. The number of carbonyl (C=O) groups is 2. The fourth-order valence-corrected chi connectivity index (χ4v) is 12.1. The first-order valence-corrected chi connectivity index (χ1v) is 21.5. The van der Waals surface area contributed by atoms with E-state index in [4.69, 9.17) is 30.5 Å². The molecule has 2 saturated carbocycles. The van der Waals surface area contributed by atoms with Gasteiger partial charge in [0.2, 0.25) is 0 Å². The minimum atomic E-state index is -3.43. The quantitative estimate of drug-likeness (QED) is 0.286. The molecule has 2 bridgehead atoms. The van der Waals surface area contributed by atoms with Gasteiger partial charge >= 0.3 is 0 Å². The van der Waals surface area contributed by atoms with Crippen LogP contribution in [-0.4, -0.2) is 86.2 Å². The summed E-state index contributed by atoms with van der Waals surface area (Å²) in [6, 6.07) is 9.19. The number of rotatable bonds is 6. The Bertz CT molecular complexity index is 1910. The number of amides is 1. The number of benzene rings is 2.